The SMILES string of the molecule is COC(=O)c1cc(Cl)ccc1ONC(C)=O. The van der Waals surface area contributed by atoms with Crippen molar-refractivity contribution in [2.45, 2.75) is 6.92 Å². The van der Waals surface area contributed by atoms with Crippen LogP contribution < -0.4 is 10.3 Å². The lowest BCUT2D eigenvalue weighted by Gasteiger charge is -2.09. The van der Waals surface area contributed by atoms with E-state index in [-0.39, 0.29) is 17.2 Å². The Morgan fingerprint density at radius 2 is 2.06 bits per heavy atom. The Kier molecular flexibility index (Phi) is 4.13. The van der Waals surface area contributed by atoms with Gasteiger partial charge in [0.05, 0.1) is 7.11 Å². The molecule has 0 unspecified atom stereocenters. The normalized spacial score (nSPS) is 9.44. The van der Waals surface area contributed by atoms with Crippen molar-refractivity contribution >= 4 is 23.5 Å². The molecule has 0 heterocycles. The fraction of sp³-hybridized carbons (Fsp3) is 0.200. The second-order valence-corrected chi connectivity index (χ2v) is 3.33. The first-order valence-corrected chi connectivity index (χ1v) is 4.73. The second kappa shape index (κ2) is 5.37. The predicted octanol–water partition coefficient (Wildman–Crippen LogP) is 1.56. The average Bonchev–Trinajstić information content (AvgIpc) is 2.26. The third kappa shape index (κ3) is 3.13. The van der Waals surface area contributed by atoms with Gasteiger partial charge in [0.25, 0.3) is 0 Å². The lowest BCUT2D eigenvalue weighted by molar-refractivity contribution is -0.125. The van der Waals surface area contributed by atoms with Crippen LogP contribution in [0.15, 0.2) is 18.2 Å². The van der Waals surface area contributed by atoms with Gasteiger partial charge in [-0.15, -0.1) is 0 Å². The van der Waals surface area contributed by atoms with Crippen LogP contribution in [0.3, 0.4) is 0 Å². The summed E-state index contributed by atoms with van der Waals surface area (Å²) in [5.41, 5.74) is 2.25. The highest BCUT2D eigenvalue weighted by Gasteiger charge is 2.14. The van der Waals surface area contributed by atoms with E-state index in [9.17, 15) is 9.59 Å². The average molecular weight is 244 g/mol. The van der Waals surface area contributed by atoms with Gasteiger partial charge in [0.2, 0.25) is 5.91 Å². The van der Waals surface area contributed by atoms with Gasteiger partial charge in [0.15, 0.2) is 5.75 Å². The molecule has 1 aromatic carbocycles. The monoisotopic (exact) mass is 243 g/mol. The minimum absolute atomic E-state index is 0.142. The highest BCUT2D eigenvalue weighted by atomic mass is 35.5. The summed E-state index contributed by atoms with van der Waals surface area (Å²) < 4.78 is 4.55. The molecule has 0 aliphatic heterocycles. The zero-order valence-electron chi connectivity index (χ0n) is 8.74. The number of rotatable bonds is 3. The van der Waals surface area contributed by atoms with Crippen molar-refractivity contribution in [3.8, 4) is 5.75 Å². The van der Waals surface area contributed by atoms with Gasteiger partial charge in [-0.05, 0) is 18.2 Å². The van der Waals surface area contributed by atoms with Gasteiger partial charge in [-0.1, -0.05) is 11.6 Å². The summed E-state index contributed by atoms with van der Waals surface area (Å²) in [6, 6.07) is 4.39. The molecular weight excluding hydrogens is 234 g/mol. The van der Waals surface area contributed by atoms with E-state index < -0.39 is 5.97 Å². The summed E-state index contributed by atoms with van der Waals surface area (Å²) in [6.07, 6.45) is 0. The molecule has 1 aromatic rings. The Labute approximate surface area is 97.2 Å². The van der Waals surface area contributed by atoms with E-state index in [0.717, 1.165) is 0 Å². The molecular formula is C10H10ClNO4. The summed E-state index contributed by atoms with van der Waals surface area (Å²) in [4.78, 5) is 26.9. The Hall–Kier alpha value is -1.75. The number of methoxy groups -OCH3 is 1. The molecule has 0 aromatic heterocycles. The van der Waals surface area contributed by atoms with Crippen LogP contribution in [0.4, 0.5) is 0 Å². The summed E-state index contributed by atoms with van der Waals surface area (Å²) in [6.45, 7) is 1.29. The van der Waals surface area contributed by atoms with E-state index >= 15 is 0 Å². The minimum atomic E-state index is -0.595. The van der Waals surface area contributed by atoms with Gasteiger partial charge in [0.1, 0.15) is 5.56 Å². The first-order valence-electron chi connectivity index (χ1n) is 4.36. The Morgan fingerprint density at radius 3 is 2.62 bits per heavy atom. The number of hydrogen-bond acceptors (Lipinski definition) is 4. The van der Waals surface area contributed by atoms with E-state index in [1.165, 1.54) is 32.2 Å². The molecule has 0 atom stereocenters. The van der Waals surface area contributed by atoms with Crippen molar-refractivity contribution in [3.05, 3.63) is 28.8 Å². The second-order valence-electron chi connectivity index (χ2n) is 2.89. The van der Waals surface area contributed by atoms with Crippen molar-refractivity contribution in [1.82, 2.24) is 5.48 Å². The summed E-state index contributed by atoms with van der Waals surface area (Å²) in [5.74, 6) is -0.805. The predicted molar refractivity (Wildman–Crippen MR) is 57.2 cm³/mol. The van der Waals surface area contributed by atoms with E-state index in [1.54, 1.807) is 0 Å². The molecule has 0 fully saturated rings. The lowest BCUT2D eigenvalue weighted by Crippen LogP contribution is -2.24. The lowest BCUT2D eigenvalue weighted by atomic mass is 10.2. The number of hydrogen-bond donors (Lipinski definition) is 1. The molecule has 5 nitrogen and oxygen atoms in total. The molecule has 0 aliphatic rings. The smallest absolute Gasteiger partial charge is 0.341 e. The van der Waals surface area contributed by atoms with Crippen LogP contribution in [-0.4, -0.2) is 19.0 Å². The van der Waals surface area contributed by atoms with Crippen molar-refractivity contribution in [3.63, 3.8) is 0 Å². The number of carbonyl (C=O) groups excluding carboxylic acids is 2. The standard InChI is InChI=1S/C10H10ClNO4/c1-6(13)12-16-9-4-3-7(11)5-8(9)10(14)15-2/h3-5H,1-2H3,(H,12,13). The zero-order chi connectivity index (χ0) is 12.1. The summed E-state index contributed by atoms with van der Waals surface area (Å²) >= 11 is 5.73. The van der Waals surface area contributed by atoms with Crippen molar-refractivity contribution in [1.29, 1.82) is 0 Å². The molecule has 0 radical (unpaired) electrons. The largest absolute Gasteiger partial charge is 0.465 e. The Morgan fingerprint density at radius 1 is 1.38 bits per heavy atom. The first kappa shape index (κ1) is 12.3. The molecule has 1 rings (SSSR count). The molecule has 1 amide bonds. The highest BCUT2D eigenvalue weighted by molar-refractivity contribution is 6.31. The van der Waals surface area contributed by atoms with Gasteiger partial charge >= 0.3 is 5.97 Å². The number of ether oxygens (including phenoxy) is 1. The van der Waals surface area contributed by atoms with Gasteiger partial charge < -0.3 is 9.57 Å². The van der Waals surface area contributed by atoms with Crippen molar-refractivity contribution < 1.29 is 19.2 Å². The molecule has 86 valence electrons. The number of benzene rings is 1. The number of esters is 1. The van der Waals surface area contributed by atoms with E-state index in [4.69, 9.17) is 16.4 Å². The molecule has 0 spiro atoms. The topological polar surface area (TPSA) is 64.6 Å². The fourth-order valence-corrected chi connectivity index (χ4v) is 1.16. The zero-order valence-corrected chi connectivity index (χ0v) is 9.50. The van der Waals surface area contributed by atoms with Gasteiger partial charge in [-0.3, -0.25) is 4.79 Å². The van der Waals surface area contributed by atoms with Crippen molar-refractivity contribution in [2.75, 3.05) is 7.11 Å². The molecule has 0 saturated carbocycles. The number of amides is 1. The van der Waals surface area contributed by atoms with Crippen LogP contribution in [0.5, 0.6) is 5.75 Å². The van der Waals surface area contributed by atoms with Gasteiger partial charge in [-0.25, -0.2) is 4.79 Å². The van der Waals surface area contributed by atoms with Gasteiger partial charge in [0, 0.05) is 11.9 Å². The first-order chi connectivity index (χ1) is 7.54. The maximum atomic E-state index is 11.4. The molecule has 0 saturated heterocycles. The number of hydroxylamine groups is 1. The minimum Gasteiger partial charge on any atom is -0.465 e. The fourth-order valence-electron chi connectivity index (χ4n) is 0.988. The maximum absolute atomic E-state index is 11.4. The number of carbonyl (C=O) groups is 2. The maximum Gasteiger partial charge on any atom is 0.341 e. The Balaban J connectivity index is 2.98. The number of halogens is 1. The highest BCUT2D eigenvalue weighted by Crippen LogP contribution is 2.23. The van der Waals surface area contributed by atoms with Crippen LogP contribution in [0.2, 0.25) is 5.02 Å². The molecule has 1 N–H and O–H groups in total. The molecule has 6 heteroatoms. The van der Waals surface area contributed by atoms with Crippen LogP contribution >= 0.6 is 11.6 Å². The van der Waals surface area contributed by atoms with E-state index in [2.05, 4.69) is 10.2 Å². The van der Waals surface area contributed by atoms with Gasteiger partial charge in [-0.2, -0.15) is 5.48 Å². The number of nitrogens with one attached hydrogen (secondary N) is 1. The van der Waals surface area contributed by atoms with Crippen LogP contribution in [0, 0.1) is 0 Å². The third-order valence-electron chi connectivity index (χ3n) is 1.65. The van der Waals surface area contributed by atoms with Crippen LogP contribution in [-0.2, 0) is 9.53 Å². The molecule has 0 aliphatic carbocycles. The van der Waals surface area contributed by atoms with E-state index in [1.807, 2.05) is 0 Å². The van der Waals surface area contributed by atoms with Crippen LogP contribution in [0.25, 0.3) is 0 Å². The van der Waals surface area contributed by atoms with Crippen molar-refractivity contribution in [2.24, 2.45) is 0 Å². The van der Waals surface area contributed by atoms with Crippen LogP contribution in [0.1, 0.15) is 17.3 Å². The molecule has 16 heavy (non-hydrogen) atoms. The van der Waals surface area contributed by atoms with E-state index in [0.29, 0.717) is 5.02 Å². The summed E-state index contributed by atoms with van der Waals surface area (Å²) in [5, 5.41) is 0.371. The quantitative estimate of drug-likeness (QED) is 0.646. The third-order valence-corrected chi connectivity index (χ3v) is 1.89. The Bertz CT molecular complexity index is 419. The summed E-state index contributed by atoms with van der Waals surface area (Å²) in [7, 11) is 1.24. The molecule has 0 bridgehead atoms.